The van der Waals surface area contributed by atoms with Crippen molar-refractivity contribution in [3.05, 3.63) is 33.9 Å². The van der Waals surface area contributed by atoms with Crippen molar-refractivity contribution in [3.8, 4) is 0 Å². The molecule has 1 fully saturated rings. The minimum atomic E-state index is -1.15. The highest BCUT2D eigenvalue weighted by Crippen LogP contribution is 2.30. The van der Waals surface area contributed by atoms with Crippen LogP contribution in [0.1, 0.15) is 6.42 Å². The van der Waals surface area contributed by atoms with Crippen LogP contribution < -0.4 is 5.32 Å². The average molecular weight is 274 g/mol. The Kier molecular flexibility index (Phi) is 4.00. The van der Waals surface area contributed by atoms with Crippen LogP contribution in [0, 0.1) is 27.7 Å². The molecule has 0 radical (unpaired) electrons. The van der Waals surface area contributed by atoms with Crippen LogP contribution in [0.3, 0.4) is 0 Å². The van der Waals surface area contributed by atoms with E-state index in [1.165, 1.54) is 0 Å². The highest BCUT2D eigenvalue weighted by atomic mass is 32.2. The lowest BCUT2D eigenvalue weighted by Gasteiger charge is -2.11. The van der Waals surface area contributed by atoms with E-state index in [1.807, 2.05) is 11.8 Å². The van der Waals surface area contributed by atoms with Crippen LogP contribution in [0.15, 0.2) is 12.1 Å². The fraction of sp³-hybridized carbons (Fsp3) is 0.455. The molecule has 18 heavy (non-hydrogen) atoms. The molecule has 0 bridgehead atoms. The molecule has 7 heteroatoms. The maximum Gasteiger partial charge on any atom is 0.327 e. The number of nitro groups is 1. The van der Waals surface area contributed by atoms with Gasteiger partial charge in [0.15, 0.2) is 0 Å². The predicted octanol–water partition coefficient (Wildman–Crippen LogP) is 3.04. The summed E-state index contributed by atoms with van der Waals surface area (Å²) in [4.78, 5) is 9.92. The zero-order valence-electron chi connectivity index (χ0n) is 9.49. The van der Waals surface area contributed by atoms with Gasteiger partial charge in [0.1, 0.15) is 11.5 Å². The van der Waals surface area contributed by atoms with E-state index in [4.69, 9.17) is 0 Å². The quantitative estimate of drug-likeness (QED) is 0.677. The number of hydrogen-bond donors (Lipinski definition) is 1. The van der Waals surface area contributed by atoms with E-state index in [-0.39, 0.29) is 5.69 Å². The standard InChI is InChI=1S/C11H12F2N2O2S/c12-8-3-9(13)11(15(16)17)10(4-8)14-5-7-1-2-18-6-7/h3-4,7,14H,1-2,5-6H2. The molecule has 1 atom stereocenters. The Labute approximate surface area is 107 Å². The summed E-state index contributed by atoms with van der Waals surface area (Å²) in [6, 6.07) is 1.48. The molecular formula is C11H12F2N2O2S. The smallest absolute Gasteiger partial charge is 0.327 e. The Morgan fingerprint density at radius 3 is 2.89 bits per heavy atom. The van der Waals surface area contributed by atoms with Crippen molar-refractivity contribution in [3.63, 3.8) is 0 Å². The van der Waals surface area contributed by atoms with Gasteiger partial charge in [0.2, 0.25) is 5.82 Å². The molecule has 1 saturated heterocycles. The first-order valence-corrected chi connectivity index (χ1v) is 6.68. The van der Waals surface area contributed by atoms with E-state index >= 15 is 0 Å². The summed E-state index contributed by atoms with van der Waals surface area (Å²) in [6.45, 7) is 0.497. The van der Waals surface area contributed by atoms with Gasteiger partial charge in [0.25, 0.3) is 0 Å². The second-order valence-electron chi connectivity index (χ2n) is 4.15. The lowest BCUT2D eigenvalue weighted by Crippen LogP contribution is -2.15. The number of benzene rings is 1. The van der Waals surface area contributed by atoms with Gasteiger partial charge in [0, 0.05) is 18.7 Å². The Hall–Kier alpha value is -1.37. The number of nitrogens with zero attached hydrogens (tertiary/aromatic N) is 1. The number of hydrogen-bond acceptors (Lipinski definition) is 4. The van der Waals surface area contributed by atoms with Gasteiger partial charge in [0.05, 0.1) is 4.92 Å². The SMILES string of the molecule is O=[N+]([O-])c1c(F)cc(F)cc1NCC1CCSC1. The van der Waals surface area contributed by atoms with Crippen LogP contribution in [0.2, 0.25) is 0 Å². The van der Waals surface area contributed by atoms with Crippen molar-refractivity contribution in [2.24, 2.45) is 5.92 Å². The largest absolute Gasteiger partial charge is 0.379 e. The van der Waals surface area contributed by atoms with Crippen molar-refractivity contribution in [2.45, 2.75) is 6.42 Å². The van der Waals surface area contributed by atoms with Gasteiger partial charge in [-0.2, -0.15) is 16.2 Å². The summed E-state index contributed by atoms with van der Waals surface area (Å²) in [6.07, 6.45) is 1.02. The summed E-state index contributed by atoms with van der Waals surface area (Å²) < 4.78 is 26.4. The van der Waals surface area contributed by atoms with Crippen molar-refractivity contribution in [2.75, 3.05) is 23.4 Å². The second kappa shape index (κ2) is 5.51. The Bertz CT molecular complexity index is 465. The maximum absolute atomic E-state index is 13.3. The number of nitrogens with one attached hydrogen (secondary N) is 1. The third-order valence-corrected chi connectivity index (χ3v) is 4.05. The second-order valence-corrected chi connectivity index (χ2v) is 5.30. The first kappa shape index (κ1) is 13.1. The molecule has 1 aromatic carbocycles. The summed E-state index contributed by atoms with van der Waals surface area (Å²) in [7, 11) is 0. The summed E-state index contributed by atoms with van der Waals surface area (Å²) >= 11 is 1.81. The van der Waals surface area contributed by atoms with Gasteiger partial charge in [-0.15, -0.1) is 0 Å². The van der Waals surface area contributed by atoms with Crippen LogP contribution in [0.5, 0.6) is 0 Å². The van der Waals surface area contributed by atoms with E-state index < -0.39 is 22.2 Å². The first-order valence-electron chi connectivity index (χ1n) is 5.53. The molecular weight excluding hydrogens is 262 g/mol. The summed E-state index contributed by atoms with van der Waals surface area (Å²) in [5.74, 6) is 0.454. The maximum atomic E-state index is 13.3. The van der Waals surface area contributed by atoms with Gasteiger partial charge in [-0.3, -0.25) is 10.1 Å². The highest BCUT2D eigenvalue weighted by molar-refractivity contribution is 7.99. The lowest BCUT2D eigenvalue weighted by molar-refractivity contribution is -0.386. The van der Waals surface area contributed by atoms with E-state index in [0.717, 1.165) is 24.0 Å². The third-order valence-electron chi connectivity index (χ3n) is 2.82. The van der Waals surface area contributed by atoms with Crippen molar-refractivity contribution >= 4 is 23.1 Å². The van der Waals surface area contributed by atoms with Crippen molar-refractivity contribution < 1.29 is 13.7 Å². The lowest BCUT2D eigenvalue weighted by atomic mass is 10.1. The minimum Gasteiger partial charge on any atom is -0.379 e. The molecule has 0 aliphatic carbocycles. The van der Waals surface area contributed by atoms with Gasteiger partial charge >= 0.3 is 5.69 Å². The van der Waals surface area contributed by atoms with Crippen LogP contribution in [-0.4, -0.2) is 23.0 Å². The van der Waals surface area contributed by atoms with Crippen LogP contribution in [0.25, 0.3) is 0 Å². The highest BCUT2D eigenvalue weighted by Gasteiger charge is 2.23. The minimum absolute atomic E-state index is 0.0885. The zero-order valence-corrected chi connectivity index (χ0v) is 10.3. The number of nitro benzene ring substituents is 1. The molecule has 4 nitrogen and oxygen atoms in total. The van der Waals surface area contributed by atoms with E-state index in [2.05, 4.69) is 5.32 Å². The first-order chi connectivity index (χ1) is 8.58. The number of rotatable bonds is 4. The van der Waals surface area contributed by atoms with E-state index in [9.17, 15) is 18.9 Å². The Balaban J connectivity index is 2.16. The number of thioether (sulfide) groups is 1. The Morgan fingerprint density at radius 2 is 2.28 bits per heavy atom. The van der Waals surface area contributed by atoms with Gasteiger partial charge < -0.3 is 5.32 Å². The van der Waals surface area contributed by atoms with Gasteiger partial charge in [-0.1, -0.05) is 0 Å². The molecule has 1 N–H and O–H groups in total. The molecule has 2 rings (SSSR count). The van der Waals surface area contributed by atoms with Crippen LogP contribution in [0.4, 0.5) is 20.2 Å². The fourth-order valence-electron chi connectivity index (χ4n) is 1.88. The number of halogens is 2. The van der Waals surface area contributed by atoms with Crippen molar-refractivity contribution in [1.29, 1.82) is 0 Å². The molecule has 0 spiro atoms. The van der Waals surface area contributed by atoms with Crippen LogP contribution in [-0.2, 0) is 0 Å². The normalized spacial score (nSPS) is 18.9. The molecule has 1 aromatic rings. The van der Waals surface area contributed by atoms with E-state index in [0.29, 0.717) is 18.5 Å². The molecule has 1 heterocycles. The summed E-state index contributed by atoms with van der Waals surface area (Å²) in [5.41, 5.74) is -0.781. The molecule has 0 amide bonds. The Morgan fingerprint density at radius 1 is 1.50 bits per heavy atom. The molecule has 1 unspecified atom stereocenters. The van der Waals surface area contributed by atoms with Gasteiger partial charge in [-0.25, -0.2) is 4.39 Å². The zero-order chi connectivity index (χ0) is 13.1. The number of anilines is 1. The molecule has 0 aromatic heterocycles. The molecule has 1 aliphatic heterocycles. The topological polar surface area (TPSA) is 55.2 Å². The molecule has 98 valence electrons. The van der Waals surface area contributed by atoms with E-state index in [1.54, 1.807) is 0 Å². The monoisotopic (exact) mass is 274 g/mol. The van der Waals surface area contributed by atoms with Gasteiger partial charge in [-0.05, 0) is 23.8 Å². The van der Waals surface area contributed by atoms with Crippen LogP contribution >= 0.6 is 11.8 Å². The third kappa shape index (κ3) is 2.90. The van der Waals surface area contributed by atoms with Crippen molar-refractivity contribution in [1.82, 2.24) is 0 Å². The predicted molar refractivity (Wildman–Crippen MR) is 66.9 cm³/mol. The molecule has 0 saturated carbocycles. The summed E-state index contributed by atoms with van der Waals surface area (Å²) in [5, 5.41) is 13.5. The molecule has 1 aliphatic rings. The average Bonchev–Trinajstić information content (AvgIpc) is 2.77. The fourth-order valence-corrected chi connectivity index (χ4v) is 3.17.